The van der Waals surface area contributed by atoms with Crippen LogP contribution in [0.5, 0.6) is 0 Å². The van der Waals surface area contributed by atoms with Gasteiger partial charge in [-0.1, -0.05) is 22.9 Å². The van der Waals surface area contributed by atoms with Crippen molar-refractivity contribution in [3.8, 4) is 0 Å². The van der Waals surface area contributed by atoms with Crippen molar-refractivity contribution in [3.63, 3.8) is 0 Å². The van der Waals surface area contributed by atoms with Crippen LogP contribution in [0.25, 0.3) is 0 Å². The summed E-state index contributed by atoms with van der Waals surface area (Å²) >= 11 is 3.60. The van der Waals surface area contributed by atoms with Gasteiger partial charge in [0.1, 0.15) is 0 Å². The number of hydrogen-bond acceptors (Lipinski definition) is 2. The van der Waals surface area contributed by atoms with Gasteiger partial charge < -0.3 is 5.73 Å². The molecule has 1 aliphatic rings. The van der Waals surface area contributed by atoms with Gasteiger partial charge in [-0.2, -0.15) is 0 Å². The summed E-state index contributed by atoms with van der Waals surface area (Å²) in [5.74, 6) is 0. The van der Waals surface area contributed by atoms with E-state index in [0.29, 0.717) is 0 Å². The maximum absolute atomic E-state index is 5.83. The van der Waals surface area contributed by atoms with Crippen molar-refractivity contribution in [1.29, 1.82) is 0 Å². The van der Waals surface area contributed by atoms with Crippen molar-refractivity contribution < 1.29 is 0 Å². The molecule has 0 radical (unpaired) electrons. The molecular formula is C13H19BrN2. The van der Waals surface area contributed by atoms with Crippen LogP contribution < -0.4 is 5.73 Å². The number of nitrogen functional groups attached to an aromatic ring is 1. The highest BCUT2D eigenvalue weighted by Gasteiger charge is 2.28. The molecule has 2 N–H and O–H groups in total. The molecular weight excluding hydrogens is 264 g/mol. The third kappa shape index (κ3) is 2.98. The Labute approximate surface area is 106 Å². The third-order valence-electron chi connectivity index (χ3n) is 3.02. The Balaban J connectivity index is 2.08. The molecule has 3 heteroatoms. The molecule has 1 saturated carbocycles. The number of hydrogen-bond donors (Lipinski definition) is 1. The lowest BCUT2D eigenvalue weighted by Gasteiger charge is -2.22. The first-order valence-corrected chi connectivity index (χ1v) is 6.78. The van der Waals surface area contributed by atoms with E-state index in [2.05, 4.69) is 33.8 Å². The summed E-state index contributed by atoms with van der Waals surface area (Å²) in [6.45, 7) is 4.44. The number of nitrogens with two attached hydrogens (primary N) is 1. The maximum atomic E-state index is 5.83. The Morgan fingerprint density at radius 2 is 2.19 bits per heavy atom. The largest absolute Gasteiger partial charge is 0.399 e. The van der Waals surface area contributed by atoms with Crippen LogP contribution in [0.3, 0.4) is 0 Å². The second-order valence-electron chi connectivity index (χ2n) is 4.55. The lowest BCUT2D eigenvalue weighted by molar-refractivity contribution is 0.255. The predicted octanol–water partition coefficient (Wildman–Crippen LogP) is 3.41. The van der Waals surface area contributed by atoms with E-state index in [1.807, 2.05) is 12.1 Å². The molecule has 0 amide bonds. The molecule has 1 aliphatic carbocycles. The van der Waals surface area contributed by atoms with Crippen molar-refractivity contribution >= 4 is 21.6 Å². The first-order chi connectivity index (χ1) is 7.70. The Morgan fingerprint density at radius 1 is 1.44 bits per heavy atom. The summed E-state index contributed by atoms with van der Waals surface area (Å²) in [4.78, 5) is 2.57. The fraction of sp³-hybridized carbons (Fsp3) is 0.538. The lowest BCUT2D eigenvalue weighted by atomic mass is 10.2. The summed E-state index contributed by atoms with van der Waals surface area (Å²) in [6.07, 6.45) is 3.94. The molecule has 1 aromatic carbocycles. The fourth-order valence-electron chi connectivity index (χ4n) is 2.05. The first kappa shape index (κ1) is 11.9. The van der Waals surface area contributed by atoms with E-state index < -0.39 is 0 Å². The topological polar surface area (TPSA) is 29.3 Å². The SMILES string of the molecule is CCCN(Cc1cc(N)ccc1Br)C1CC1. The Bertz CT molecular complexity index is 361. The van der Waals surface area contributed by atoms with E-state index >= 15 is 0 Å². The average Bonchev–Trinajstić information content (AvgIpc) is 3.06. The zero-order valence-corrected chi connectivity index (χ0v) is 11.3. The highest BCUT2D eigenvalue weighted by atomic mass is 79.9. The van der Waals surface area contributed by atoms with Crippen LogP contribution in [0.4, 0.5) is 5.69 Å². The van der Waals surface area contributed by atoms with Gasteiger partial charge in [0.05, 0.1) is 0 Å². The van der Waals surface area contributed by atoms with E-state index in [1.54, 1.807) is 0 Å². The third-order valence-corrected chi connectivity index (χ3v) is 3.79. The zero-order chi connectivity index (χ0) is 11.5. The van der Waals surface area contributed by atoms with E-state index in [9.17, 15) is 0 Å². The second-order valence-corrected chi connectivity index (χ2v) is 5.41. The van der Waals surface area contributed by atoms with Crippen LogP contribution in [-0.2, 0) is 6.54 Å². The van der Waals surface area contributed by atoms with E-state index in [1.165, 1.54) is 35.8 Å². The molecule has 0 saturated heterocycles. The summed E-state index contributed by atoms with van der Waals surface area (Å²) in [6, 6.07) is 6.87. The van der Waals surface area contributed by atoms with Gasteiger partial charge in [-0.05, 0) is 49.6 Å². The van der Waals surface area contributed by atoms with Gasteiger partial charge in [0.15, 0.2) is 0 Å². The van der Waals surface area contributed by atoms with Gasteiger partial charge in [-0.3, -0.25) is 4.90 Å². The van der Waals surface area contributed by atoms with Gasteiger partial charge in [-0.15, -0.1) is 0 Å². The van der Waals surface area contributed by atoms with Crippen molar-refractivity contribution in [2.45, 2.75) is 38.8 Å². The summed E-state index contributed by atoms with van der Waals surface area (Å²) in [5.41, 5.74) is 7.99. The van der Waals surface area contributed by atoms with Gasteiger partial charge in [0.2, 0.25) is 0 Å². The maximum Gasteiger partial charge on any atom is 0.0318 e. The van der Waals surface area contributed by atoms with Gasteiger partial charge in [-0.25, -0.2) is 0 Å². The van der Waals surface area contributed by atoms with Gasteiger partial charge >= 0.3 is 0 Å². The molecule has 16 heavy (non-hydrogen) atoms. The molecule has 1 fully saturated rings. The number of rotatable bonds is 5. The quantitative estimate of drug-likeness (QED) is 0.839. The lowest BCUT2D eigenvalue weighted by Crippen LogP contribution is -2.26. The molecule has 0 unspecified atom stereocenters. The number of halogens is 1. The fourth-order valence-corrected chi connectivity index (χ4v) is 2.42. The van der Waals surface area contributed by atoms with Crippen LogP contribution in [0.15, 0.2) is 22.7 Å². The van der Waals surface area contributed by atoms with E-state index in [4.69, 9.17) is 5.73 Å². The molecule has 0 aromatic heterocycles. The molecule has 0 aliphatic heterocycles. The normalized spacial score (nSPS) is 15.7. The highest BCUT2D eigenvalue weighted by molar-refractivity contribution is 9.10. The summed E-state index contributed by atoms with van der Waals surface area (Å²) < 4.78 is 1.17. The molecule has 2 nitrogen and oxygen atoms in total. The zero-order valence-electron chi connectivity index (χ0n) is 9.75. The van der Waals surface area contributed by atoms with Gasteiger partial charge in [0, 0.05) is 22.7 Å². The molecule has 2 rings (SSSR count). The minimum atomic E-state index is 0.813. The van der Waals surface area contributed by atoms with Crippen LogP contribution in [0.1, 0.15) is 31.7 Å². The minimum Gasteiger partial charge on any atom is -0.399 e. The molecule has 0 bridgehead atoms. The Hall–Kier alpha value is -0.540. The highest BCUT2D eigenvalue weighted by Crippen LogP contribution is 2.30. The average molecular weight is 283 g/mol. The molecule has 0 heterocycles. The number of benzene rings is 1. The van der Waals surface area contributed by atoms with Crippen LogP contribution in [0.2, 0.25) is 0 Å². The van der Waals surface area contributed by atoms with Crippen molar-refractivity contribution in [3.05, 3.63) is 28.2 Å². The minimum absolute atomic E-state index is 0.813. The Morgan fingerprint density at radius 3 is 2.81 bits per heavy atom. The molecule has 0 spiro atoms. The van der Waals surface area contributed by atoms with Crippen molar-refractivity contribution in [2.24, 2.45) is 0 Å². The van der Waals surface area contributed by atoms with E-state index in [0.717, 1.165) is 18.3 Å². The summed E-state index contributed by atoms with van der Waals surface area (Å²) in [7, 11) is 0. The first-order valence-electron chi connectivity index (χ1n) is 5.98. The van der Waals surface area contributed by atoms with Crippen LogP contribution in [0, 0.1) is 0 Å². The van der Waals surface area contributed by atoms with Crippen LogP contribution >= 0.6 is 15.9 Å². The molecule has 1 aromatic rings. The predicted molar refractivity (Wildman–Crippen MR) is 72.3 cm³/mol. The van der Waals surface area contributed by atoms with Crippen molar-refractivity contribution in [1.82, 2.24) is 4.90 Å². The standard InChI is InChI=1S/C13H19BrN2/c1-2-7-16(12-4-5-12)9-10-8-11(15)3-6-13(10)14/h3,6,8,12H,2,4-5,7,9,15H2,1H3. The summed E-state index contributed by atoms with van der Waals surface area (Å²) in [5, 5.41) is 0. The van der Waals surface area contributed by atoms with Gasteiger partial charge in [0.25, 0.3) is 0 Å². The van der Waals surface area contributed by atoms with Crippen LogP contribution in [-0.4, -0.2) is 17.5 Å². The smallest absolute Gasteiger partial charge is 0.0318 e. The molecule has 88 valence electrons. The second kappa shape index (κ2) is 5.19. The molecule has 0 atom stereocenters. The van der Waals surface area contributed by atoms with E-state index in [-0.39, 0.29) is 0 Å². The number of nitrogens with zero attached hydrogens (tertiary/aromatic N) is 1. The Kier molecular flexibility index (Phi) is 3.87. The monoisotopic (exact) mass is 282 g/mol. The number of anilines is 1. The van der Waals surface area contributed by atoms with Crippen molar-refractivity contribution in [2.75, 3.05) is 12.3 Å².